The largest absolute Gasteiger partial charge is 0.373 e. The molecule has 0 aromatic carbocycles. The summed E-state index contributed by atoms with van der Waals surface area (Å²) in [6, 6.07) is 0. The minimum absolute atomic E-state index is 0.00619. The third-order valence-electron chi connectivity index (χ3n) is 4.54. The number of ether oxygens (including phenoxy) is 1. The number of rotatable bonds is 8. The fourth-order valence-electron chi connectivity index (χ4n) is 3.20. The molecule has 108 valence electrons. The van der Waals surface area contributed by atoms with E-state index in [2.05, 4.69) is 20.8 Å². The highest BCUT2D eigenvalue weighted by molar-refractivity contribution is 4.88. The van der Waals surface area contributed by atoms with Gasteiger partial charge < -0.3 is 10.5 Å². The van der Waals surface area contributed by atoms with Gasteiger partial charge in [0.25, 0.3) is 0 Å². The summed E-state index contributed by atoms with van der Waals surface area (Å²) in [6.45, 7) is 8.41. The van der Waals surface area contributed by atoms with Crippen LogP contribution >= 0.6 is 0 Å². The molecule has 0 heterocycles. The van der Waals surface area contributed by atoms with Gasteiger partial charge in [-0.05, 0) is 43.9 Å². The Morgan fingerprint density at radius 3 is 2.39 bits per heavy atom. The molecule has 1 rings (SSSR count). The Morgan fingerprint density at radius 1 is 1.22 bits per heavy atom. The van der Waals surface area contributed by atoms with Crippen molar-refractivity contribution in [2.75, 3.05) is 13.2 Å². The monoisotopic (exact) mass is 255 g/mol. The summed E-state index contributed by atoms with van der Waals surface area (Å²) in [6.07, 6.45) is 10.2. The molecule has 0 aromatic heterocycles. The molecule has 1 saturated carbocycles. The van der Waals surface area contributed by atoms with E-state index in [0.717, 1.165) is 12.5 Å². The van der Waals surface area contributed by atoms with E-state index in [9.17, 15) is 0 Å². The first-order valence-corrected chi connectivity index (χ1v) is 7.99. The van der Waals surface area contributed by atoms with E-state index < -0.39 is 0 Å². The molecular weight excluding hydrogens is 222 g/mol. The van der Waals surface area contributed by atoms with Gasteiger partial charge in [0.2, 0.25) is 0 Å². The molecule has 0 aliphatic heterocycles. The quantitative estimate of drug-likeness (QED) is 0.708. The molecule has 18 heavy (non-hydrogen) atoms. The van der Waals surface area contributed by atoms with Gasteiger partial charge >= 0.3 is 0 Å². The van der Waals surface area contributed by atoms with Gasteiger partial charge in [0.05, 0.1) is 5.60 Å². The maximum atomic E-state index is 6.24. The van der Waals surface area contributed by atoms with Crippen molar-refractivity contribution >= 4 is 0 Å². The highest BCUT2D eigenvalue weighted by Crippen LogP contribution is 2.36. The normalized spacial score (nSPS) is 30.3. The van der Waals surface area contributed by atoms with Crippen LogP contribution in [0.4, 0.5) is 0 Å². The molecule has 1 aliphatic carbocycles. The molecule has 1 aliphatic rings. The van der Waals surface area contributed by atoms with Crippen LogP contribution in [0.3, 0.4) is 0 Å². The Morgan fingerprint density at radius 2 is 1.89 bits per heavy atom. The minimum Gasteiger partial charge on any atom is -0.373 e. The zero-order valence-electron chi connectivity index (χ0n) is 12.7. The van der Waals surface area contributed by atoms with Gasteiger partial charge in [-0.1, -0.05) is 40.0 Å². The van der Waals surface area contributed by atoms with Crippen molar-refractivity contribution in [1.29, 1.82) is 0 Å². The molecule has 2 N–H and O–H groups in total. The highest BCUT2D eigenvalue weighted by atomic mass is 16.5. The molecule has 0 bridgehead atoms. The average Bonchev–Trinajstić information content (AvgIpc) is 2.39. The van der Waals surface area contributed by atoms with E-state index in [-0.39, 0.29) is 5.60 Å². The third-order valence-corrected chi connectivity index (χ3v) is 4.54. The predicted molar refractivity (Wildman–Crippen MR) is 78.7 cm³/mol. The Labute approximate surface area is 114 Å². The highest BCUT2D eigenvalue weighted by Gasteiger charge is 2.34. The molecule has 0 saturated heterocycles. The van der Waals surface area contributed by atoms with Crippen LogP contribution in [0.2, 0.25) is 0 Å². The van der Waals surface area contributed by atoms with Crippen molar-refractivity contribution in [1.82, 2.24) is 0 Å². The smallest absolute Gasteiger partial charge is 0.0804 e. The Hall–Kier alpha value is -0.0800. The van der Waals surface area contributed by atoms with Crippen LogP contribution in [-0.2, 0) is 4.74 Å². The van der Waals surface area contributed by atoms with Gasteiger partial charge in [-0.15, -0.1) is 0 Å². The fraction of sp³-hybridized carbons (Fsp3) is 1.00. The van der Waals surface area contributed by atoms with Crippen LogP contribution < -0.4 is 5.73 Å². The Kier molecular flexibility index (Phi) is 7.25. The first-order chi connectivity index (χ1) is 8.65. The number of nitrogens with two attached hydrogens (primary N) is 1. The summed E-state index contributed by atoms with van der Waals surface area (Å²) >= 11 is 0. The molecule has 1 unspecified atom stereocenters. The van der Waals surface area contributed by atoms with Crippen LogP contribution in [0, 0.1) is 11.8 Å². The molecule has 1 atom stereocenters. The maximum Gasteiger partial charge on any atom is 0.0804 e. The lowest BCUT2D eigenvalue weighted by Crippen LogP contribution is -2.44. The zero-order valence-corrected chi connectivity index (χ0v) is 12.7. The molecule has 0 amide bonds. The molecule has 0 aromatic rings. The maximum absolute atomic E-state index is 6.24. The molecule has 2 nitrogen and oxygen atoms in total. The van der Waals surface area contributed by atoms with Gasteiger partial charge in [-0.3, -0.25) is 0 Å². The first kappa shape index (κ1) is 16.0. The third kappa shape index (κ3) is 4.89. The van der Waals surface area contributed by atoms with Gasteiger partial charge in [0.1, 0.15) is 0 Å². The Balaban J connectivity index is 2.35. The Bertz CT molecular complexity index is 209. The second kappa shape index (κ2) is 8.16. The van der Waals surface area contributed by atoms with Gasteiger partial charge in [-0.25, -0.2) is 0 Å². The summed E-state index contributed by atoms with van der Waals surface area (Å²) < 4.78 is 6.24. The topological polar surface area (TPSA) is 35.2 Å². The van der Waals surface area contributed by atoms with Crippen molar-refractivity contribution < 1.29 is 4.74 Å². The van der Waals surface area contributed by atoms with E-state index in [0.29, 0.717) is 12.5 Å². The summed E-state index contributed by atoms with van der Waals surface area (Å²) in [5.41, 5.74) is 6.00. The summed E-state index contributed by atoms with van der Waals surface area (Å²) in [5.74, 6) is 1.60. The van der Waals surface area contributed by atoms with E-state index in [1.54, 1.807) is 0 Å². The second-order valence-electron chi connectivity index (χ2n) is 6.32. The number of hydrogen-bond donors (Lipinski definition) is 1. The summed E-state index contributed by atoms with van der Waals surface area (Å²) in [4.78, 5) is 0. The van der Waals surface area contributed by atoms with Crippen LogP contribution in [0.15, 0.2) is 0 Å². The van der Waals surface area contributed by atoms with Crippen molar-refractivity contribution in [2.45, 2.75) is 77.7 Å². The lowest BCUT2D eigenvalue weighted by molar-refractivity contribution is -0.0835. The predicted octanol–water partition coefficient (Wildman–Crippen LogP) is 4.13. The van der Waals surface area contributed by atoms with Gasteiger partial charge in [0, 0.05) is 13.2 Å². The van der Waals surface area contributed by atoms with E-state index in [1.165, 1.54) is 51.4 Å². The van der Waals surface area contributed by atoms with E-state index in [1.807, 2.05) is 0 Å². The standard InChI is InChI=1S/C16H33NO/c1-4-6-14(3)12-18-16(13-17)10-8-15(7-5-2)9-11-16/h14-15H,4-13,17H2,1-3H3. The molecule has 0 spiro atoms. The van der Waals surface area contributed by atoms with Crippen LogP contribution in [0.5, 0.6) is 0 Å². The first-order valence-electron chi connectivity index (χ1n) is 7.99. The van der Waals surface area contributed by atoms with Crippen LogP contribution in [0.25, 0.3) is 0 Å². The zero-order chi connectivity index (χ0) is 13.4. The summed E-state index contributed by atoms with van der Waals surface area (Å²) in [7, 11) is 0. The van der Waals surface area contributed by atoms with Crippen LogP contribution in [-0.4, -0.2) is 18.8 Å². The van der Waals surface area contributed by atoms with E-state index >= 15 is 0 Å². The molecule has 2 heteroatoms. The van der Waals surface area contributed by atoms with Crippen molar-refractivity contribution in [3.63, 3.8) is 0 Å². The molecular formula is C16H33NO. The minimum atomic E-state index is 0.00619. The van der Waals surface area contributed by atoms with Crippen LogP contribution in [0.1, 0.15) is 72.1 Å². The van der Waals surface area contributed by atoms with Crippen molar-refractivity contribution in [3.8, 4) is 0 Å². The fourth-order valence-corrected chi connectivity index (χ4v) is 3.20. The van der Waals surface area contributed by atoms with Crippen molar-refractivity contribution in [3.05, 3.63) is 0 Å². The van der Waals surface area contributed by atoms with Gasteiger partial charge in [0.15, 0.2) is 0 Å². The van der Waals surface area contributed by atoms with E-state index in [4.69, 9.17) is 10.5 Å². The van der Waals surface area contributed by atoms with Gasteiger partial charge in [-0.2, -0.15) is 0 Å². The average molecular weight is 255 g/mol. The molecule has 0 radical (unpaired) electrons. The van der Waals surface area contributed by atoms with Crippen molar-refractivity contribution in [2.24, 2.45) is 17.6 Å². The molecule has 1 fully saturated rings. The summed E-state index contributed by atoms with van der Waals surface area (Å²) in [5, 5.41) is 0. The number of hydrogen-bond acceptors (Lipinski definition) is 2. The lowest BCUT2D eigenvalue weighted by Gasteiger charge is -2.40. The second-order valence-corrected chi connectivity index (χ2v) is 6.32. The lowest BCUT2D eigenvalue weighted by atomic mass is 9.77. The SMILES string of the molecule is CCCC(C)COC1(CN)CCC(CCC)CC1.